The fourth-order valence-electron chi connectivity index (χ4n) is 1.30. The third kappa shape index (κ3) is 2.56. The van der Waals surface area contributed by atoms with Gasteiger partial charge < -0.3 is 10.0 Å². The number of carbonyl (C=O) groups is 1. The summed E-state index contributed by atoms with van der Waals surface area (Å²) in [6.07, 6.45) is 2.10. The van der Waals surface area contributed by atoms with Gasteiger partial charge in [-0.15, -0.1) is 0 Å². The average Bonchev–Trinajstić information content (AvgIpc) is 2.19. The van der Waals surface area contributed by atoms with Crippen molar-refractivity contribution < 1.29 is 18.7 Å². The number of nitrogens with zero attached hydrogens (tertiary/aromatic N) is 1. The Labute approximate surface area is 91.6 Å². The van der Waals surface area contributed by atoms with Gasteiger partial charge >= 0.3 is 5.97 Å². The monoisotopic (exact) mass is 227 g/mol. The molecule has 0 aromatic heterocycles. The molecule has 0 atom stereocenters. The van der Waals surface area contributed by atoms with Crippen LogP contribution in [0.15, 0.2) is 18.2 Å². The minimum atomic E-state index is -1.14. The fourth-order valence-corrected chi connectivity index (χ4v) is 1.30. The Kier molecular flexibility index (Phi) is 3.60. The van der Waals surface area contributed by atoms with Crippen molar-refractivity contribution in [2.45, 2.75) is 0 Å². The maximum atomic E-state index is 13.4. The molecular formula is C11H11F2NO2. The van der Waals surface area contributed by atoms with Gasteiger partial charge in [-0.3, -0.25) is 0 Å². The second-order valence-electron chi connectivity index (χ2n) is 3.37. The number of rotatable bonds is 3. The number of anilines is 1. The van der Waals surface area contributed by atoms with Crippen LogP contribution in [0.3, 0.4) is 0 Å². The highest BCUT2D eigenvalue weighted by Crippen LogP contribution is 2.25. The maximum Gasteiger partial charge on any atom is 0.328 e. The predicted octanol–water partition coefficient (Wildman–Crippen LogP) is 2.13. The minimum absolute atomic E-state index is 0.0255. The molecule has 1 aromatic carbocycles. The average molecular weight is 227 g/mol. The molecule has 0 saturated heterocycles. The summed E-state index contributed by atoms with van der Waals surface area (Å²) in [6, 6.07) is 2.29. The summed E-state index contributed by atoms with van der Waals surface area (Å²) in [6.45, 7) is 0. The van der Waals surface area contributed by atoms with Crippen molar-refractivity contribution in [1.29, 1.82) is 0 Å². The van der Waals surface area contributed by atoms with E-state index >= 15 is 0 Å². The zero-order valence-electron chi connectivity index (χ0n) is 8.87. The Balaban J connectivity index is 3.29. The van der Waals surface area contributed by atoms with Crippen molar-refractivity contribution in [3.8, 4) is 0 Å². The first kappa shape index (κ1) is 12.2. The molecule has 0 heterocycles. The van der Waals surface area contributed by atoms with Crippen LogP contribution in [0.4, 0.5) is 14.5 Å². The number of carboxylic acid groups (broad SMARTS) is 1. The summed E-state index contributed by atoms with van der Waals surface area (Å²) in [5.41, 5.74) is 0.337. The van der Waals surface area contributed by atoms with Crippen molar-refractivity contribution >= 4 is 17.7 Å². The van der Waals surface area contributed by atoms with Gasteiger partial charge in [0.15, 0.2) is 11.6 Å². The molecule has 1 aromatic rings. The van der Waals surface area contributed by atoms with Crippen LogP contribution in [0, 0.1) is 11.6 Å². The summed E-state index contributed by atoms with van der Waals surface area (Å²) in [4.78, 5) is 11.7. The summed E-state index contributed by atoms with van der Waals surface area (Å²) >= 11 is 0. The van der Waals surface area contributed by atoms with Gasteiger partial charge in [-0.1, -0.05) is 0 Å². The van der Waals surface area contributed by atoms with Gasteiger partial charge in [-0.2, -0.15) is 0 Å². The summed E-state index contributed by atoms with van der Waals surface area (Å²) in [5, 5.41) is 8.46. The van der Waals surface area contributed by atoms with Crippen molar-refractivity contribution in [2.24, 2.45) is 0 Å². The molecular weight excluding hydrogens is 216 g/mol. The number of benzene rings is 1. The second-order valence-corrected chi connectivity index (χ2v) is 3.37. The lowest BCUT2D eigenvalue weighted by molar-refractivity contribution is -0.131. The Morgan fingerprint density at radius 3 is 2.50 bits per heavy atom. The molecule has 5 heteroatoms. The summed E-state index contributed by atoms with van der Waals surface area (Å²) in [7, 11) is 3.10. The SMILES string of the molecule is CN(C)c1c(/C=C/C(=O)O)ccc(F)c1F. The lowest BCUT2D eigenvalue weighted by atomic mass is 10.1. The molecule has 0 amide bonds. The van der Waals surface area contributed by atoms with E-state index in [1.807, 2.05) is 0 Å². The molecule has 0 aliphatic heterocycles. The zero-order chi connectivity index (χ0) is 12.3. The molecule has 3 nitrogen and oxygen atoms in total. The van der Waals surface area contributed by atoms with Gasteiger partial charge in [0.25, 0.3) is 0 Å². The largest absolute Gasteiger partial charge is 0.478 e. The van der Waals surface area contributed by atoms with E-state index in [0.717, 1.165) is 12.1 Å². The number of aliphatic carboxylic acids is 1. The molecule has 86 valence electrons. The molecule has 1 N–H and O–H groups in total. The molecule has 0 unspecified atom stereocenters. The van der Waals surface area contributed by atoms with Gasteiger partial charge in [0.1, 0.15) is 0 Å². The van der Waals surface area contributed by atoms with Gasteiger partial charge in [0.05, 0.1) is 5.69 Å². The standard InChI is InChI=1S/C11H11F2NO2/c1-14(2)11-7(4-6-9(15)16)3-5-8(12)10(11)13/h3-6H,1-2H3,(H,15,16)/b6-4+. The highest BCUT2D eigenvalue weighted by atomic mass is 19.2. The Bertz CT molecular complexity index is 442. The fraction of sp³-hybridized carbons (Fsp3) is 0.182. The van der Waals surface area contributed by atoms with E-state index in [1.165, 1.54) is 17.0 Å². The summed E-state index contributed by atoms with van der Waals surface area (Å²) in [5.74, 6) is -3.09. The molecule has 1 rings (SSSR count). The van der Waals surface area contributed by atoms with E-state index in [9.17, 15) is 13.6 Å². The van der Waals surface area contributed by atoms with Crippen LogP contribution in [0.2, 0.25) is 0 Å². The van der Waals surface area contributed by atoms with E-state index in [4.69, 9.17) is 5.11 Å². The number of carboxylic acids is 1. The van der Waals surface area contributed by atoms with E-state index in [1.54, 1.807) is 14.1 Å². The second kappa shape index (κ2) is 4.74. The molecule has 0 aliphatic carbocycles. The first-order valence-corrected chi connectivity index (χ1v) is 4.50. The van der Waals surface area contributed by atoms with Crippen LogP contribution in [-0.2, 0) is 4.79 Å². The zero-order valence-corrected chi connectivity index (χ0v) is 8.87. The first-order valence-electron chi connectivity index (χ1n) is 4.50. The van der Waals surface area contributed by atoms with Crippen molar-refractivity contribution in [3.05, 3.63) is 35.4 Å². The predicted molar refractivity (Wildman–Crippen MR) is 57.4 cm³/mol. The minimum Gasteiger partial charge on any atom is -0.478 e. The Morgan fingerprint density at radius 1 is 1.38 bits per heavy atom. The quantitative estimate of drug-likeness (QED) is 0.804. The van der Waals surface area contributed by atoms with E-state index in [2.05, 4.69) is 0 Å². The van der Waals surface area contributed by atoms with Crippen LogP contribution < -0.4 is 4.90 Å². The van der Waals surface area contributed by atoms with Crippen molar-refractivity contribution in [1.82, 2.24) is 0 Å². The van der Waals surface area contributed by atoms with Gasteiger partial charge in [0, 0.05) is 25.7 Å². The van der Waals surface area contributed by atoms with Gasteiger partial charge in [-0.25, -0.2) is 13.6 Å². The van der Waals surface area contributed by atoms with E-state index in [0.29, 0.717) is 5.56 Å². The van der Waals surface area contributed by atoms with Crippen LogP contribution in [0.5, 0.6) is 0 Å². The highest BCUT2D eigenvalue weighted by molar-refractivity contribution is 5.87. The number of hydrogen-bond donors (Lipinski definition) is 1. The summed E-state index contributed by atoms with van der Waals surface area (Å²) < 4.78 is 26.4. The van der Waals surface area contributed by atoms with E-state index < -0.39 is 17.6 Å². The topological polar surface area (TPSA) is 40.5 Å². The van der Waals surface area contributed by atoms with Gasteiger partial charge in [0.2, 0.25) is 0 Å². The van der Waals surface area contributed by atoms with Crippen LogP contribution >= 0.6 is 0 Å². The lowest BCUT2D eigenvalue weighted by Crippen LogP contribution is -2.13. The molecule has 0 bridgehead atoms. The van der Waals surface area contributed by atoms with Crippen LogP contribution in [0.1, 0.15) is 5.56 Å². The molecule has 0 spiro atoms. The molecule has 0 radical (unpaired) electrons. The first-order chi connectivity index (χ1) is 7.43. The van der Waals surface area contributed by atoms with Crippen LogP contribution in [0.25, 0.3) is 6.08 Å². The Hall–Kier alpha value is -1.91. The highest BCUT2D eigenvalue weighted by Gasteiger charge is 2.13. The number of halogens is 2. The number of hydrogen-bond acceptors (Lipinski definition) is 2. The molecule has 0 saturated carbocycles. The normalized spacial score (nSPS) is 10.8. The van der Waals surface area contributed by atoms with E-state index in [-0.39, 0.29) is 5.69 Å². The van der Waals surface area contributed by atoms with Crippen molar-refractivity contribution in [3.63, 3.8) is 0 Å². The van der Waals surface area contributed by atoms with Crippen LogP contribution in [-0.4, -0.2) is 25.2 Å². The third-order valence-electron chi connectivity index (χ3n) is 1.95. The third-order valence-corrected chi connectivity index (χ3v) is 1.95. The molecule has 0 aliphatic rings. The molecule has 0 fully saturated rings. The smallest absolute Gasteiger partial charge is 0.328 e. The lowest BCUT2D eigenvalue weighted by Gasteiger charge is -2.16. The molecule has 16 heavy (non-hydrogen) atoms. The Morgan fingerprint density at radius 2 is 2.00 bits per heavy atom. The van der Waals surface area contributed by atoms with Gasteiger partial charge in [-0.05, 0) is 18.2 Å². The maximum absolute atomic E-state index is 13.4. The van der Waals surface area contributed by atoms with Crippen molar-refractivity contribution in [2.75, 3.05) is 19.0 Å².